The number of thioether (sulfide) groups is 1. The Morgan fingerprint density at radius 1 is 1.25 bits per heavy atom. The summed E-state index contributed by atoms with van der Waals surface area (Å²) < 4.78 is 22.3. The van der Waals surface area contributed by atoms with Gasteiger partial charge in [-0.25, -0.2) is 0 Å². The molecule has 0 atom stereocenters. The normalized spacial score (nSPS) is 24.9. The molecular weight excluding hydrogens is 195 g/mol. The van der Waals surface area contributed by atoms with Crippen molar-refractivity contribution in [1.82, 2.24) is 0 Å². The third-order valence-corrected chi connectivity index (χ3v) is 4.89. The molecule has 0 amide bonds. The highest BCUT2D eigenvalue weighted by Gasteiger charge is 2.29. The van der Waals surface area contributed by atoms with E-state index in [1.165, 1.54) is 0 Å². The molecule has 0 N–H and O–H groups in total. The van der Waals surface area contributed by atoms with Crippen LogP contribution in [0.15, 0.2) is 0 Å². The maximum absolute atomic E-state index is 11.9. The van der Waals surface area contributed by atoms with Gasteiger partial charge in [0.15, 0.2) is 0 Å². The monoisotopic (exact) mass is 210 g/mol. The van der Waals surface area contributed by atoms with Crippen LogP contribution in [0, 0.1) is 0 Å². The van der Waals surface area contributed by atoms with Gasteiger partial charge in [0, 0.05) is 11.5 Å². The Labute approximate surface area is 77.7 Å². The van der Waals surface area contributed by atoms with Crippen molar-refractivity contribution in [1.29, 1.82) is 0 Å². The van der Waals surface area contributed by atoms with Crippen molar-refractivity contribution in [3.05, 3.63) is 0 Å². The Bertz CT molecular complexity index is 171. The van der Waals surface area contributed by atoms with E-state index in [1.54, 1.807) is 11.8 Å². The molecule has 0 spiro atoms. The second-order valence-electron chi connectivity index (χ2n) is 2.91. The van der Waals surface area contributed by atoms with E-state index in [2.05, 4.69) is 0 Å². The van der Waals surface area contributed by atoms with Gasteiger partial charge in [-0.3, -0.25) is 4.57 Å². The minimum atomic E-state index is -2.77. The van der Waals surface area contributed by atoms with E-state index in [1.807, 2.05) is 13.8 Å². The summed E-state index contributed by atoms with van der Waals surface area (Å²) in [4.78, 5) is 0. The average Bonchev–Trinajstić information content (AvgIpc) is 1.97. The van der Waals surface area contributed by atoms with Gasteiger partial charge in [0.2, 0.25) is 0 Å². The molecule has 0 aromatic rings. The van der Waals surface area contributed by atoms with Crippen LogP contribution in [0.5, 0.6) is 0 Å². The summed E-state index contributed by atoms with van der Waals surface area (Å²) in [6, 6.07) is 0. The largest absolute Gasteiger partial charge is 0.333 e. The Kier molecular flexibility index (Phi) is 4.11. The molecule has 1 fully saturated rings. The lowest BCUT2D eigenvalue weighted by Gasteiger charge is -2.23. The Morgan fingerprint density at radius 3 is 2.17 bits per heavy atom. The molecular formula is C7H15O3PS. The van der Waals surface area contributed by atoms with E-state index in [0.29, 0.717) is 13.2 Å². The highest BCUT2D eigenvalue weighted by molar-refractivity contribution is 7.99. The Balaban J connectivity index is 2.54. The second-order valence-corrected chi connectivity index (χ2v) is 6.77. The maximum atomic E-state index is 11.9. The summed E-state index contributed by atoms with van der Waals surface area (Å²) in [5, 5.41) is 0. The van der Waals surface area contributed by atoms with Crippen molar-refractivity contribution in [2.75, 3.05) is 24.7 Å². The van der Waals surface area contributed by atoms with Crippen LogP contribution >= 0.6 is 19.4 Å². The van der Waals surface area contributed by atoms with Crippen LogP contribution in [0.4, 0.5) is 0 Å². The number of hydrogen-bond donors (Lipinski definition) is 0. The molecule has 3 nitrogen and oxygen atoms in total. The first-order valence-electron chi connectivity index (χ1n) is 4.12. The minimum absolute atomic E-state index is 0.0272. The third kappa shape index (κ3) is 2.77. The molecule has 0 aliphatic carbocycles. The molecule has 1 heterocycles. The summed E-state index contributed by atoms with van der Waals surface area (Å²) in [6.07, 6.45) is 0. The van der Waals surface area contributed by atoms with Crippen LogP contribution in [-0.4, -0.2) is 30.4 Å². The quantitative estimate of drug-likeness (QED) is 0.622. The lowest BCUT2D eigenvalue weighted by Crippen LogP contribution is -2.12. The zero-order chi connectivity index (χ0) is 9.03. The molecule has 1 aliphatic heterocycles. The van der Waals surface area contributed by atoms with Crippen molar-refractivity contribution < 1.29 is 13.6 Å². The van der Waals surface area contributed by atoms with Gasteiger partial charge in [-0.15, -0.1) is 0 Å². The first-order chi connectivity index (χ1) is 5.65. The van der Waals surface area contributed by atoms with Crippen molar-refractivity contribution >= 4 is 19.4 Å². The standard InChI is InChI=1S/C7H15O3PS/c1-7(2)11(8)9-3-5-12-6-4-10-11/h7H,3-6H2,1-2H3. The van der Waals surface area contributed by atoms with Gasteiger partial charge >= 0.3 is 7.60 Å². The van der Waals surface area contributed by atoms with Gasteiger partial charge in [-0.2, -0.15) is 11.8 Å². The average molecular weight is 210 g/mol. The molecule has 12 heavy (non-hydrogen) atoms. The summed E-state index contributed by atoms with van der Waals surface area (Å²) in [6.45, 7) is 4.82. The Hall–Kier alpha value is 0.500. The highest BCUT2D eigenvalue weighted by atomic mass is 32.2. The van der Waals surface area contributed by atoms with Gasteiger partial charge in [-0.05, 0) is 0 Å². The van der Waals surface area contributed by atoms with Gasteiger partial charge in [0.25, 0.3) is 0 Å². The molecule has 0 aromatic carbocycles. The van der Waals surface area contributed by atoms with Crippen molar-refractivity contribution in [3.8, 4) is 0 Å². The van der Waals surface area contributed by atoms with E-state index in [-0.39, 0.29) is 5.66 Å². The highest BCUT2D eigenvalue weighted by Crippen LogP contribution is 2.53. The predicted octanol–water partition coefficient (Wildman–Crippen LogP) is 2.37. The third-order valence-electron chi connectivity index (χ3n) is 1.63. The van der Waals surface area contributed by atoms with Gasteiger partial charge in [0.05, 0.1) is 18.9 Å². The van der Waals surface area contributed by atoms with E-state index in [0.717, 1.165) is 11.5 Å². The molecule has 0 saturated carbocycles. The smallest absolute Gasteiger partial charge is 0.308 e. The molecule has 5 heteroatoms. The van der Waals surface area contributed by atoms with Crippen LogP contribution in [0.3, 0.4) is 0 Å². The van der Waals surface area contributed by atoms with Crippen LogP contribution < -0.4 is 0 Å². The summed E-state index contributed by atoms with van der Waals surface area (Å²) >= 11 is 1.77. The molecule has 0 aromatic heterocycles. The van der Waals surface area contributed by atoms with Crippen molar-refractivity contribution in [2.45, 2.75) is 19.5 Å². The second kappa shape index (κ2) is 4.66. The minimum Gasteiger partial charge on any atom is -0.308 e. The van der Waals surface area contributed by atoms with Gasteiger partial charge in [0.1, 0.15) is 0 Å². The predicted molar refractivity (Wildman–Crippen MR) is 52.0 cm³/mol. The molecule has 0 bridgehead atoms. The van der Waals surface area contributed by atoms with Crippen molar-refractivity contribution in [2.24, 2.45) is 0 Å². The maximum Gasteiger partial charge on any atom is 0.333 e. The van der Waals surface area contributed by atoms with Crippen LogP contribution in [0.25, 0.3) is 0 Å². The first kappa shape index (κ1) is 10.6. The summed E-state index contributed by atoms with van der Waals surface area (Å²) in [7, 11) is -2.77. The fourth-order valence-electron chi connectivity index (χ4n) is 0.884. The molecule has 0 radical (unpaired) electrons. The molecule has 72 valence electrons. The van der Waals surface area contributed by atoms with E-state index in [9.17, 15) is 4.57 Å². The fraction of sp³-hybridized carbons (Fsp3) is 1.00. The van der Waals surface area contributed by atoms with Crippen LogP contribution in [0.2, 0.25) is 0 Å². The molecule has 1 saturated heterocycles. The number of rotatable bonds is 1. The number of hydrogen-bond acceptors (Lipinski definition) is 4. The molecule has 1 rings (SSSR count). The van der Waals surface area contributed by atoms with Crippen LogP contribution in [-0.2, 0) is 13.6 Å². The SMILES string of the molecule is CC(C)P1(=O)OCCSCCO1. The molecule has 1 aliphatic rings. The topological polar surface area (TPSA) is 35.5 Å². The van der Waals surface area contributed by atoms with Gasteiger partial charge in [-0.1, -0.05) is 13.8 Å². The lowest BCUT2D eigenvalue weighted by atomic mass is 10.6. The van der Waals surface area contributed by atoms with E-state index in [4.69, 9.17) is 9.05 Å². The molecule has 0 unspecified atom stereocenters. The zero-order valence-electron chi connectivity index (χ0n) is 7.49. The summed E-state index contributed by atoms with van der Waals surface area (Å²) in [5.41, 5.74) is -0.0272. The van der Waals surface area contributed by atoms with E-state index < -0.39 is 7.60 Å². The van der Waals surface area contributed by atoms with Crippen molar-refractivity contribution in [3.63, 3.8) is 0 Å². The summed E-state index contributed by atoms with van der Waals surface area (Å²) in [5.74, 6) is 1.83. The van der Waals surface area contributed by atoms with Crippen LogP contribution in [0.1, 0.15) is 13.8 Å². The fourth-order valence-corrected chi connectivity index (χ4v) is 3.10. The zero-order valence-corrected chi connectivity index (χ0v) is 9.20. The lowest BCUT2D eigenvalue weighted by molar-refractivity contribution is 0.214. The first-order valence-corrected chi connectivity index (χ1v) is 6.88. The van der Waals surface area contributed by atoms with E-state index >= 15 is 0 Å². The Morgan fingerprint density at radius 2 is 1.75 bits per heavy atom. The van der Waals surface area contributed by atoms with Gasteiger partial charge < -0.3 is 9.05 Å².